The second-order valence-electron chi connectivity index (χ2n) is 4.55. The van der Waals surface area contributed by atoms with Gasteiger partial charge in [0.1, 0.15) is 5.52 Å². The predicted octanol–water partition coefficient (Wildman–Crippen LogP) is 4.36. The quantitative estimate of drug-likeness (QED) is 0.513. The molecule has 3 nitrogen and oxygen atoms in total. The molecule has 0 spiro atoms. The van der Waals surface area contributed by atoms with Crippen molar-refractivity contribution >= 4 is 16.8 Å². The number of oxazole rings is 1. The Morgan fingerprint density at radius 2 is 2.15 bits per heavy atom. The van der Waals surface area contributed by atoms with Gasteiger partial charge in [-0.3, -0.25) is 9.38 Å². The standard InChI is InChI=1S/C17H14N2O/c1-11-10-12(2)19-16-13(14-7-3-4-9-18-14)6-5-8-15(16)20-17(11)19/h3-10H,1-2H3/i1D3,2D3. The summed E-state index contributed by atoms with van der Waals surface area (Å²) in [6.07, 6.45) is 1.64. The first-order valence-corrected chi connectivity index (χ1v) is 6.17. The monoisotopic (exact) mass is 268 g/mol. The first kappa shape index (κ1) is 6.75. The number of benzene rings is 1. The second-order valence-corrected chi connectivity index (χ2v) is 4.55. The zero-order valence-corrected chi connectivity index (χ0v) is 10.4. The summed E-state index contributed by atoms with van der Waals surface area (Å²) in [7, 11) is 0. The molecule has 0 radical (unpaired) electrons. The lowest BCUT2D eigenvalue weighted by Crippen LogP contribution is -1.89. The van der Waals surface area contributed by atoms with E-state index < -0.39 is 13.7 Å². The summed E-state index contributed by atoms with van der Waals surface area (Å²) in [4.78, 5) is 4.33. The first-order chi connectivity index (χ1) is 12.2. The lowest BCUT2D eigenvalue weighted by Gasteiger charge is -2.03. The van der Waals surface area contributed by atoms with Crippen molar-refractivity contribution in [2.45, 2.75) is 13.7 Å². The van der Waals surface area contributed by atoms with Crippen LogP contribution in [0.4, 0.5) is 0 Å². The Kier molecular flexibility index (Phi) is 1.34. The zero-order chi connectivity index (χ0) is 18.7. The van der Waals surface area contributed by atoms with Gasteiger partial charge in [-0.2, -0.15) is 0 Å². The Labute approximate surface area is 124 Å². The van der Waals surface area contributed by atoms with Gasteiger partial charge in [0, 0.05) is 31.2 Å². The molecule has 0 saturated carbocycles. The maximum absolute atomic E-state index is 7.83. The van der Waals surface area contributed by atoms with E-state index in [9.17, 15) is 0 Å². The molecule has 0 aliphatic rings. The molecule has 0 atom stereocenters. The average Bonchev–Trinajstić information content (AvgIpc) is 3.10. The first-order valence-electron chi connectivity index (χ1n) is 9.17. The van der Waals surface area contributed by atoms with Gasteiger partial charge in [-0.05, 0) is 38.0 Å². The molecule has 0 unspecified atom stereocenters. The fourth-order valence-corrected chi connectivity index (χ4v) is 2.48. The number of aryl methyl sites for hydroxylation is 2. The predicted molar refractivity (Wildman–Crippen MR) is 79.9 cm³/mol. The summed E-state index contributed by atoms with van der Waals surface area (Å²) < 4.78 is 53.8. The summed E-state index contributed by atoms with van der Waals surface area (Å²) >= 11 is 0. The number of hydrogen-bond acceptors (Lipinski definition) is 2. The van der Waals surface area contributed by atoms with Gasteiger partial charge in [-0.15, -0.1) is 0 Å². The molecule has 0 N–H and O–H groups in total. The van der Waals surface area contributed by atoms with Crippen molar-refractivity contribution in [3.63, 3.8) is 0 Å². The van der Waals surface area contributed by atoms with Crippen molar-refractivity contribution in [1.82, 2.24) is 9.38 Å². The molecule has 0 aliphatic carbocycles. The molecule has 20 heavy (non-hydrogen) atoms. The van der Waals surface area contributed by atoms with Crippen molar-refractivity contribution in [1.29, 1.82) is 0 Å². The molecule has 3 heteroatoms. The minimum Gasteiger partial charge on any atom is -0.438 e. The van der Waals surface area contributed by atoms with Crippen LogP contribution in [-0.2, 0) is 0 Å². The van der Waals surface area contributed by atoms with Crippen molar-refractivity contribution in [3.05, 3.63) is 59.9 Å². The highest BCUT2D eigenvalue weighted by molar-refractivity contribution is 5.92. The number of aromatic nitrogens is 2. The Morgan fingerprint density at radius 1 is 1.15 bits per heavy atom. The molecule has 0 fully saturated rings. The number of fused-ring (bicyclic) bond motifs is 3. The van der Waals surface area contributed by atoms with Gasteiger partial charge in [0.15, 0.2) is 5.58 Å². The van der Waals surface area contributed by atoms with Gasteiger partial charge in [0.25, 0.3) is 0 Å². The smallest absolute Gasteiger partial charge is 0.208 e. The number of pyridine rings is 1. The minimum absolute atomic E-state index is 0.0227. The molecular weight excluding hydrogens is 248 g/mol. The molecule has 4 aromatic rings. The molecule has 3 aromatic heterocycles. The van der Waals surface area contributed by atoms with E-state index in [4.69, 9.17) is 12.6 Å². The van der Waals surface area contributed by atoms with E-state index in [1.165, 1.54) is 10.5 Å². The van der Waals surface area contributed by atoms with Crippen LogP contribution in [-0.4, -0.2) is 9.38 Å². The van der Waals surface area contributed by atoms with E-state index >= 15 is 0 Å². The van der Waals surface area contributed by atoms with Gasteiger partial charge in [-0.1, -0.05) is 18.2 Å². The third-order valence-corrected chi connectivity index (χ3v) is 3.33. The Balaban J connectivity index is 2.19. The van der Waals surface area contributed by atoms with Gasteiger partial charge in [0.2, 0.25) is 5.71 Å². The van der Waals surface area contributed by atoms with Crippen molar-refractivity contribution in [2.24, 2.45) is 0 Å². The molecule has 0 aliphatic heterocycles. The Hall–Kier alpha value is -2.55. The summed E-state index contributed by atoms with van der Waals surface area (Å²) in [5, 5.41) is 0. The van der Waals surface area contributed by atoms with Gasteiger partial charge < -0.3 is 4.42 Å². The third-order valence-electron chi connectivity index (χ3n) is 3.33. The highest BCUT2D eigenvalue weighted by Crippen LogP contribution is 2.32. The fourth-order valence-electron chi connectivity index (χ4n) is 2.48. The molecule has 0 bridgehead atoms. The number of hydrogen-bond donors (Lipinski definition) is 0. The SMILES string of the molecule is [2H]C([2H])([2H])c1cc(C([2H])([2H])[2H])n2c1oc1cccc(-c3ccccn3)c12. The van der Waals surface area contributed by atoms with Crippen molar-refractivity contribution < 1.29 is 12.6 Å². The summed E-state index contributed by atoms with van der Waals surface area (Å²) in [6.45, 7) is -4.99. The Bertz CT molecular complexity index is 1110. The number of nitrogens with zero attached hydrogens (tertiary/aromatic N) is 2. The second kappa shape index (κ2) is 3.97. The molecule has 3 heterocycles. The zero-order valence-electron chi connectivity index (χ0n) is 16.4. The summed E-state index contributed by atoms with van der Waals surface area (Å²) in [6, 6.07) is 11.8. The van der Waals surface area contributed by atoms with Gasteiger partial charge in [0.05, 0.1) is 5.69 Å². The normalized spacial score (nSPS) is 17.2. The lowest BCUT2D eigenvalue weighted by molar-refractivity contribution is 0.652. The maximum Gasteiger partial charge on any atom is 0.208 e. The average molecular weight is 268 g/mol. The molecule has 98 valence electrons. The molecular formula is C17H14N2O. The topological polar surface area (TPSA) is 30.4 Å². The van der Waals surface area contributed by atoms with Crippen LogP contribution in [0.15, 0.2) is 53.1 Å². The van der Waals surface area contributed by atoms with Crippen molar-refractivity contribution in [2.75, 3.05) is 0 Å². The van der Waals surface area contributed by atoms with Crippen molar-refractivity contribution in [3.8, 4) is 11.3 Å². The van der Waals surface area contributed by atoms with E-state index in [-0.39, 0.29) is 17.0 Å². The minimum atomic E-state index is -2.50. The highest BCUT2D eigenvalue weighted by Gasteiger charge is 2.16. The third kappa shape index (κ3) is 1.43. The van der Waals surface area contributed by atoms with Crippen LogP contribution >= 0.6 is 0 Å². The molecule has 4 rings (SSSR count). The van der Waals surface area contributed by atoms with Gasteiger partial charge in [-0.25, -0.2) is 0 Å². The highest BCUT2D eigenvalue weighted by atomic mass is 16.3. The van der Waals surface area contributed by atoms with E-state index in [0.29, 0.717) is 22.4 Å². The summed E-state index contributed by atoms with van der Waals surface area (Å²) in [5.74, 6) is 0. The van der Waals surface area contributed by atoms with E-state index in [0.717, 1.165) is 0 Å². The largest absolute Gasteiger partial charge is 0.438 e. The van der Waals surface area contributed by atoms with Crippen LogP contribution in [0.5, 0.6) is 0 Å². The van der Waals surface area contributed by atoms with Crippen LogP contribution in [0, 0.1) is 13.7 Å². The summed E-state index contributed by atoms with van der Waals surface area (Å²) in [5.41, 5.74) is 2.01. The Morgan fingerprint density at radius 3 is 2.95 bits per heavy atom. The van der Waals surface area contributed by atoms with Crippen LogP contribution < -0.4 is 0 Å². The van der Waals surface area contributed by atoms with Crippen LogP contribution in [0.3, 0.4) is 0 Å². The lowest BCUT2D eigenvalue weighted by atomic mass is 10.1. The van der Waals surface area contributed by atoms with Crippen LogP contribution in [0.1, 0.15) is 19.5 Å². The molecule has 0 saturated heterocycles. The van der Waals surface area contributed by atoms with Crippen LogP contribution in [0.25, 0.3) is 28.1 Å². The fraction of sp³-hybridized carbons (Fsp3) is 0.118. The van der Waals surface area contributed by atoms with E-state index in [1.807, 2.05) is 6.07 Å². The van der Waals surface area contributed by atoms with Gasteiger partial charge >= 0.3 is 0 Å². The maximum atomic E-state index is 7.83. The van der Waals surface area contributed by atoms with E-state index in [2.05, 4.69) is 4.98 Å². The number of rotatable bonds is 1. The number of para-hydroxylation sites is 1. The van der Waals surface area contributed by atoms with Crippen LogP contribution in [0.2, 0.25) is 0 Å². The molecule has 0 amide bonds. The van der Waals surface area contributed by atoms with E-state index in [1.54, 1.807) is 36.5 Å². The molecule has 1 aromatic carbocycles.